The van der Waals surface area contributed by atoms with Crippen molar-refractivity contribution in [1.82, 2.24) is 0 Å². The van der Waals surface area contributed by atoms with Gasteiger partial charge in [-0.25, -0.2) is 0 Å². The molecule has 6 heteroatoms. The maximum Gasteiger partial charge on any atom is 0.266 e. The second-order valence-electron chi connectivity index (χ2n) is 13.7. The Kier molecular flexibility index (Phi) is 5.91. The highest BCUT2D eigenvalue weighted by Crippen LogP contribution is 2.71. The number of ether oxygens (including phenoxy) is 2. The van der Waals surface area contributed by atoms with E-state index < -0.39 is 17.7 Å². The number of aliphatic hydroxyl groups excluding tert-OH is 1. The van der Waals surface area contributed by atoms with E-state index in [-0.39, 0.29) is 33.9 Å². The molecule has 0 radical (unpaired) electrons. The number of Topliss-reactive ketones (excluding diaryl/α,β-unsaturated/α-hetero) is 1. The van der Waals surface area contributed by atoms with Gasteiger partial charge >= 0.3 is 0 Å². The van der Waals surface area contributed by atoms with Crippen molar-refractivity contribution in [2.45, 2.75) is 102 Å². The molecular formula is C34H43NO5. The molecule has 1 saturated carbocycles. The largest absolute Gasteiger partial charge is 0.511 e. The number of aliphatic hydroxyl groups is 1. The minimum atomic E-state index is -0.904. The Bertz CT molecular complexity index is 1510. The van der Waals surface area contributed by atoms with E-state index in [9.17, 15) is 14.7 Å². The molecule has 0 spiro atoms. The topological polar surface area (TPSA) is 76.1 Å². The van der Waals surface area contributed by atoms with E-state index >= 15 is 0 Å². The van der Waals surface area contributed by atoms with E-state index in [1.807, 2.05) is 62.3 Å². The first-order valence-electron chi connectivity index (χ1n) is 14.2. The molecule has 2 fully saturated rings. The van der Waals surface area contributed by atoms with Gasteiger partial charge in [-0.05, 0) is 92.7 Å². The van der Waals surface area contributed by atoms with Crippen molar-refractivity contribution >= 4 is 17.4 Å². The molecule has 214 valence electrons. The monoisotopic (exact) mass is 545 g/mol. The fraction of sp³-hybridized carbons (Fsp3) is 0.529. The van der Waals surface area contributed by atoms with Crippen molar-refractivity contribution in [1.29, 1.82) is 0 Å². The smallest absolute Gasteiger partial charge is 0.266 e. The predicted octanol–water partition coefficient (Wildman–Crippen LogP) is 7.50. The van der Waals surface area contributed by atoms with Crippen molar-refractivity contribution in [3.8, 4) is 11.5 Å². The van der Waals surface area contributed by atoms with Crippen molar-refractivity contribution in [3.05, 3.63) is 61.9 Å². The van der Waals surface area contributed by atoms with Crippen LogP contribution in [0.2, 0.25) is 0 Å². The Labute approximate surface area is 238 Å². The molecule has 5 rings (SSSR count). The number of nitrogens with zero attached hydrogens (tertiary/aromatic N) is 1. The summed E-state index contributed by atoms with van der Waals surface area (Å²) in [6.45, 7) is 25.9. The number of anilines is 1. The third-order valence-corrected chi connectivity index (χ3v) is 10.5. The average Bonchev–Trinajstić information content (AvgIpc) is 3.06. The molecule has 1 aliphatic carbocycles. The van der Waals surface area contributed by atoms with Crippen LogP contribution in [0, 0.1) is 65.2 Å². The molecule has 0 bridgehead atoms. The molecule has 2 aromatic rings. The quantitative estimate of drug-likeness (QED) is 0.245. The lowest BCUT2D eigenvalue weighted by Crippen LogP contribution is -2.32. The third kappa shape index (κ3) is 3.53. The Morgan fingerprint density at radius 2 is 1.23 bits per heavy atom. The number of aryl methyl sites for hydroxylation is 2. The van der Waals surface area contributed by atoms with E-state index in [1.165, 1.54) is 0 Å². The fourth-order valence-electron chi connectivity index (χ4n) is 7.20. The van der Waals surface area contributed by atoms with Gasteiger partial charge < -0.3 is 14.6 Å². The summed E-state index contributed by atoms with van der Waals surface area (Å²) >= 11 is 0. The Hall–Kier alpha value is -3.28. The maximum absolute atomic E-state index is 14.5. The number of carbonyl (C=O) groups is 2. The van der Waals surface area contributed by atoms with Crippen LogP contribution in [0.4, 0.5) is 5.69 Å². The van der Waals surface area contributed by atoms with Crippen LogP contribution in [-0.4, -0.2) is 22.6 Å². The van der Waals surface area contributed by atoms with E-state index in [0.29, 0.717) is 17.2 Å². The van der Waals surface area contributed by atoms with Gasteiger partial charge in [-0.15, -0.1) is 0 Å². The molecule has 1 unspecified atom stereocenters. The number of allylic oxidation sites excluding steroid dienone is 1. The van der Waals surface area contributed by atoms with Gasteiger partial charge in [0, 0.05) is 30.9 Å². The lowest BCUT2D eigenvalue weighted by Gasteiger charge is -2.31. The minimum absolute atomic E-state index is 0.0916. The molecule has 1 saturated heterocycles. The molecule has 2 heterocycles. The summed E-state index contributed by atoms with van der Waals surface area (Å²) < 4.78 is 12.4. The molecule has 1 N–H and O–H groups in total. The summed E-state index contributed by atoms with van der Waals surface area (Å²) in [5, 5.41) is 11.7. The molecule has 1 amide bonds. The van der Waals surface area contributed by atoms with Gasteiger partial charge in [-0.1, -0.05) is 33.8 Å². The van der Waals surface area contributed by atoms with Crippen LogP contribution in [0.1, 0.15) is 92.1 Å². The Balaban J connectivity index is 1.83. The SMILES string of the molecule is Cc1cc(C)c(C)c(C2C(=O)C(=C(O)C3C(C)(C)C3(C)C)C(=O)N2c2c(C)c(C)c3c(c2C)OC(C)(C)O3)c1C. The van der Waals surface area contributed by atoms with Crippen molar-refractivity contribution < 1.29 is 24.2 Å². The molecule has 0 aromatic heterocycles. The van der Waals surface area contributed by atoms with Crippen LogP contribution in [-0.2, 0) is 9.59 Å². The van der Waals surface area contributed by atoms with Gasteiger partial charge in [0.1, 0.15) is 17.4 Å². The highest BCUT2D eigenvalue weighted by atomic mass is 16.7. The molecule has 2 aromatic carbocycles. The number of carbonyl (C=O) groups excluding carboxylic acids is 2. The lowest BCUT2D eigenvalue weighted by molar-refractivity contribution is -0.117. The van der Waals surface area contributed by atoms with E-state index in [1.54, 1.807) is 4.90 Å². The van der Waals surface area contributed by atoms with Gasteiger partial charge in [-0.2, -0.15) is 0 Å². The van der Waals surface area contributed by atoms with Gasteiger partial charge in [0.2, 0.25) is 5.79 Å². The van der Waals surface area contributed by atoms with Gasteiger partial charge in [0.25, 0.3) is 5.91 Å². The Morgan fingerprint density at radius 3 is 1.70 bits per heavy atom. The summed E-state index contributed by atoms with van der Waals surface area (Å²) in [7, 11) is 0. The number of rotatable bonds is 3. The zero-order chi connectivity index (χ0) is 30.0. The van der Waals surface area contributed by atoms with Crippen LogP contribution >= 0.6 is 0 Å². The summed E-state index contributed by atoms with van der Waals surface area (Å²) in [6.07, 6.45) is 0. The number of hydrogen-bond acceptors (Lipinski definition) is 5. The first-order chi connectivity index (χ1) is 18.3. The van der Waals surface area contributed by atoms with Gasteiger partial charge in [-0.3, -0.25) is 14.5 Å². The summed E-state index contributed by atoms with van der Waals surface area (Å²) in [5.74, 6) is -0.795. The number of fused-ring (bicyclic) bond motifs is 1. The van der Waals surface area contributed by atoms with Crippen molar-refractivity contribution in [2.75, 3.05) is 4.90 Å². The average molecular weight is 546 g/mol. The minimum Gasteiger partial charge on any atom is -0.511 e. The first-order valence-corrected chi connectivity index (χ1v) is 14.2. The molecule has 6 nitrogen and oxygen atoms in total. The second-order valence-corrected chi connectivity index (χ2v) is 13.7. The van der Waals surface area contributed by atoms with E-state index in [4.69, 9.17) is 9.47 Å². The van der Waals surface area contributed by atoms with Crippen LogP contribution < -0.4 is 14.4 Å². The first kappa shape index (κ1) is 28.3. The number of ketones is 1. The zero-order valence-electron chi connectivity index (χ0n) is 26.3. The molecular weight excluding hydrogens is 502 g/mol. The maximum atomic E-state index is 14.5. The highest BCUT2D eigenvalue weighted by molar-refractivity contribution is 6.34. The zero-order valence-corrected chi connectivity index (χ0v) is 26.3. The lowest BCUT2D eigenvalue weighted by atomic mass is 9.87. The summed E-state index contributed by atoms with van der Waals surface area (Å²) in [6, 6.07) is 1.21. The van der Waals surface area contributed by atoms with Crippen LogP contribution in [0.15, 0.2) is 17.4 Å². The summed E-state index contributed by atoms with van der Waals surface area (Å²) in [5.41, 5.74) is 7.38. The number of amides is 1. The third-order valence-electron chi connectivity index (χ3n) is 10.5. The summed E-state index contributed by atoms with van der Waals surface area (Å²) in [4.78, 5) is 30.7. The second kappa shape index (κ2) is 8.37. The molecule has 40 heavy (non-hydrogen) atoms. The van der Waals surface area contributed by atoms with Gasteiger partial charge in [0.05, 0.1) is 5.69 Å². The van der Waals surface area contributed by atoms with Gasteiger partial charge in [0.15, 0.2) is 17.3 Å². The number of benzene rings is 2. The fourth-order valence-corrected chi connectivity index (χ4v) is 7.20. The molecule has 2 aliphatic heterocycles. The normalized spacial score (nSPS) is 23.7. The Morgan fingerprint density at radius 1 is 0.750 bits per heavy atom. The van der Waals surface area contributed by atoms with E-state index in [0.717, 1.165) is 44.5 Å². The highest BCUT2D eigenvalue weighted by Gasteiger charge is 2.68. The predicted molar refractivity (Wildman–Crippen MR) is 157 cm³/mol. The van der Waals surface area contributed by atoms with Crippen molar-refractivity contribution in [2.24, 2.45) is 16.7 Å². The standard InChI is InChI=1S/C34H43NO5/c1-15-14-16(2)18(4)22(17(15)3)25-26(36)23(27(37)30-32(8,9)33(30,10)11)31(38)35(25)24-19(5)20(6)28-29(21(24)7)40-34(12,13)39-28/h14,25,30,37H,1-13H3. The van der Waals surface area contributed by atoms with Crippen LogP contribution in [0.3, 0.4) is 0 Å². The molecule has 3 aliphatic rings. The van der Waals surface area contributed by atoms with Crippen LogP contribution in [0.25, 0.3) is 0 Å². The van der Waals surface area contributed by atoms with Crippen molar-refractivity contribution in [3.63, 3.8) is 0 Å². The van der Waals surface area contributed by atoms with Crippen LogP contribution in [0.5, 0.6) is 11.5 Å². The van der Waals surface area contributed by atoms with E-state index in [2.05, 4.69) is 33.8 Å². The molecule has 1 atom stereocenters. The number of hydrogen-bond donors (Lipinski definition) is 1.